The molecule has 2 saturated carbocycles. The zero-order chi connectivity index (χ0) is 17.4. The molecule has 0 radical (unpaired) electrons. The van der Waals surface area contributed by atoms with Gasteiger partial charge in [-0.15, -0.1) is 0 Å². The van der Waals surface area contributed by atoms with E-state index in [-0.39, 0.29) is 35.0 Å². The lowest BCUT2D eigenvalue weighted by molar-refractivity contribution is -0.132. The van der Waals surface area contributed by atoms with Crippen LogP contribution in [0.15, 0.2) is 10.9 Å². The first-order chi connectivity index (χ1) is 12.1. The van der Waals surface area contributed by atoms with Crippen LogP contribution in [0.5, 0.6) is 0 Å². The summed E-state index contributed by atoms with van der Waals surface area (Å²) in [4.78, 5) is 45.5. The Labute approximate surface area is 146 Å². The van der Waals surface area contributed by atoms with Gasteiger partial charge in [0.15, 0.2) is 0 Å². The van der Waals surface area contributed by atoms with Gasteiger partial charge < -0.3 is 15.2 Å². The molecule has 2 aliphatic carbocycles. The molecule has 1 aromatic rings. The first-order valence-electron chi connectivity index (χ1n) is 9.31. The van der Waals surface area contributed by atoms with E-state index in [0.29, 0.717) is 18.3 Å². The number of nitrogens with zero attached hydrogens (tertiary/aromatic N) is 2. The summed E-state index contributed by atoms with van der Waals surface area (Å²) in [5, 5.41) is 3.00. The van der Waals surface area contributed by atoms with E-state index in [2.05, 4.69) is 15.3 Å². The summed E-state index contributed by atoms with van der Waals surface area (Å²) in [5.74, 6) is 1.14. The second kappa shape index (κ2) is 6.61. The average molecular weight is 344 g/mol. The van der Waals surface area contributed by atoms with Crippen LogP contribution in [0.25, 0.3) is 0 Å². The standard InChI is InChI=1S/C18H24N4O3/c23-15-10-14(20-16(21-15)11-3-4-11)17(24)19-13-2-1-8-22(9-7-13)18(25)12-5-6-12/h10-13H,1-9H2,(H,19,24)(H,20,21,23). The fourth-order valence-electron chi connectivity index (χ4n) is 3.45. The maximum atomic E-state index is 12.5. The van der Waals surface area contributed by atoms with Gasteiger partial charge in [-0.3, -0.25) is 14.4 Å². The topological polar surface area (TPSA) is 95.2 Å². The molecular weight excluding hydrogens is 320 g/mol. The Kier molecular flexibility index (Phi) is 4.31. The van der Waals surface area contributed by atoms with Gasteiger partial charge in [-0.1, -0.05) is 0 Å². The normalized spacial score (nSPS) is 23.8. The van der Waals surface area contributed by atoms with Gasteiger partial charge >= 0.3 is 0 Å². The largest absolute Gasteiger partial charge is 0.348 e. The maximum absolute atomic E-state index is 12.5. The molecule has 1 unspecified atom stereocenters. The van der Waals surface area contributed by atoms with Crippen molar-refractivity contribution in [2.45, 2.75) is 56.9 Å². The molecule has 1 saturated heterocycles. The second-order valence-electron chi connectivity index (χ2n) is 7.49. The number of amides is 2. The van der Waals surface area contributed by atoms with Crippen molar-refractivity contribution in [2.75, 3.05) is 13.1 Å². The van der Waals surface area contributed by atoms with E-state index < -0.39 is 0 Å². The van der Waals surface area contributed by atoms with Crippen LogP contribution in [0.2, 0.25) is 0 Å². The first-order valence-corrected chi connectivity index (χ1v) is 9.31. The summed E-state index contributed by atoms with van der Waals surface area (Å²) >= 11 is 0. The van der Waals surface area contributed by atoms with E-state index in [1.54, 1.807) is 0 Å². The van der Waals surface area contributed by atoms with Gasteiger partial charge in [0, 0.05) is 37.0 Å². The van der Waals surface area contributed by atoms with Gasteiger partial charge in [-0.2, -0.15) is 0 Å². The summed E-state index contributed by atoms with van der Waals surface area (Å²) in [6.07, 6.45) is 6.56. The van der Waals surface area contributed by atoms with E-state index in [1.165, 1.54) is 6.07 Å². The third kappa shape index (κ3) is 3.91. The predicted octanol–water partition coefficient (Wildman–Crippen LogP) is 1.17. The molecule has 134 valence electrons. The van der Waals surface area contributed by atoms with E-state index in [9.17, 15) is 14.4 Å². The Morgan fingerprint density at radius 2 is 1.92 bits per heavy atom. The molecule has 1 aliphatic heterocycles. The highest BCUT2D eigenvalue weighted by atomic mass is 16.2. The Balaban J connectivity index is 1.37. The third-order valence-corrected chi connectivity index (χ3v) is 5.26. The molecule has 2 heterocycles. The number of aromatic nitrogens is 2. The van der Waals surface area contributed by atoms with Crippen molar-refractivity contribution in [3.63, 3.8) is 0 Å². The third-order valence-electron chi connectivity index (χ3n) is 5.26. The zero-order valence-electron chi connectivity index (χ0n) is 14.3. The van der Waals surface area contributed by atoms with Gasteiger partial charge in [0.05, 0.1) is 0 Å². The quantitative estimate of drug-likeness (QED) is 0.857. The number of rotatable bonds is 4. The molecule has 0 aromatic carbocycles. The highest BCUT2D eigenvalue weighted by molar-refractivity contribution is 5.92. The van der Waals surface area contributed by atoms with Crippen molar-refractivity contribution in [3.05, 3.63) is 27.9 Å². The predicted molar refractivity (Wildman–Crippen MR) is 91.2 cm³/mol. The van der Waals surface area contributed by atoms with Gasteiger partial charge in [0.2, 0.25) is 5.91 Å². The monoisotopic (exact) mass is 344 g/mol. The van der Waals surface area contributed by atoms with Crippen molar-refractivity contribution >= 4 is 11.8 Å². The molecular formula is C18H24N4O3. The lowest BCUT2D eigenvalue weighted by atomic mass is 10.1. The molecule has 7 nitrogen and oxygen atoms in total. The molecule has 4 rings (SSSR count). The van der Waals surface area contributed by atoms with E-state index in [0.717, 1.165) is 51.5 Å². The van der Waals surface area contributed by atoms with Crippen LogP contribution < -0.4 is 10.9 Å². The van der Waals surface area contributed by atoms with Gasteiger partial charge in [-0.25, -0.2) is 4.98 Å². The summed E-state index contributed by atoms with van der Waals surface area (Å²) in [5.41, 5.74) is -0.0788. The smallest absolute Gasteiger partial charge is 0.270 e. The molecule has 0 bridgehead atoms. The van der Waals surface area contributed by atoms with Crippen LogP contribution in [0.1, 0.15) is 67.2 Å². The van der Waals surface area contributed by atoms with Crippen molar-refractivity contribution < 1.29 is 9.59 Å². The highest BCUT2D eigenvalue weighted by Gasteiger charge is 2.34. The fourth-order valence-corrected chi connectivity index (χ4v) is 3.45. The zero-order valence-corrected chi connectivity index (χ0v) is 14.3. The number of carbonyl (C=O) groups excluding carboxylic acids is 2. The van der Waals surface area contributed by atoms with Crippen LogP contribution >= 0.6 is 0 Å². The van der Waals surface area contributed by atoms with Gasteiger partial charge in [0.25, 0.3) is 11.5 Å². The number of nitrogens with one attached hydrogen (secondary N) is 2. The minimum Gasteiger partial charge on any atom is -0.348 e. The number of likely N-dealkylation sites (tertiary alicyclic amines) is 1. The summed E-state index contributed by atoms with van der Waals surface area (Å²) in [6.45, 7) is 1.47. The molecule has 3 aliphatic rings. The van der Waals surface area contributed by atoms with E-state index >= 15 is 0 Å². The molecule has 0 spiro atoms. The SMILES string of the molecule is O=C(NC1CCCN(C(=O)C2CC2)CC1)c1cc(=O)[nH]c(C2CC2)n1. The Morgan fingerprint density at radius 1 is 1.12 bits per heavy atom. The summed E-state index contributed by atoms with van der Waals surface area (Å²) in [6, 6.07) is 1.29. The van der Waals surface area contributed by atoms with Crippen LogP contribution in [0, 0.1) is 5.92 Å². The van der Waals surface area contributed by atoms with E-state index in [1.807, 2.05) is 4.90 Å². The van der Waals surface area contributed by atoms with Gasteiger partial charge in [-0.05, 0) is 44.9 Å². The highest BCUT2D eigenvalue weighted by Crippen LogP contribution is 2.37. The lowest BCUT2D eigenvalue weighted by Gasteiger charge is -2.20. The minimum absolute atomic E-state index is 0.0231. The first kappa shape index (κ1) is 16.3. The molecule has 2 amide bonds. The molecule has 7 heteroatoms. The van der Waals surface area contributed by atoms with Crippen molar-refractivity contribution in [3.8, 4) is 0 Å². The molecule has 1 aromatic heterocycles. The molecule has 25 heavy (non-hydrogen) atoms. The van der Waals surface area contributed by atoms with Crippen LogP contribution in [0.4, 0.5) is 0 Å². The fraction of sp³-hybridized carbons (Fsp3) is 0.667. The van der Waals surface area contributed by atoms with E-state index in [4.69, 9.17) is 0 Å². The number of aromatic amines is 1. The maximum Gasteiger partial charge on any atom is 0.270 e. The number of H-pyrrole nitrogens is 1. The minimum atomic E-state index is -0.292. The van der Waals surface area contributed by atoms with Crippen LogP contribution in [0.3, 0.4) is 0 Å². The Morgan fingerprint density at radius 3 is 2.64 bits per heavy atom. The second-order valence-corrected chi connectivity index (χ2v) is 7.49. The number of carbonyl (C=O) groups is 2. The van der Waals surface area contributed by atoms with Gasteiger partial charge in [0.1, 0.15) is 11.5 Å². The van der Waals surface area contributed by atoms with Crippen LogP contribution in [-0.2, 0) is 4.79 Å². The Hall–Kier alpha value is -2.18. The summed E-state index contributed by atoms with van der Waals surface area (Å²) in [7, 11) is 0. The van der Waals surface area contributed by atoms with Crippen molar-refractivity contribution in [1.29, 1.82) is 0 Å². The lowest BCUT2D eigenvalue weighted by Crippen LogP contribution is -2.38. The van der Waals surface area contributed by atoms with Crippen molar-refractivity contribution in [2.24, 2.45) is 5.92 Å². The summed E-state index contributed by atoms with van der Waals surface area (Å²) < 4.78 is 0. The molecule has 1 atom stereocenters. The number of hydrogen-bond donors (Lipinski definition) is 2. The molecule has 2 N–H and O–H groups in total. The molecule has 3 fully saturated rings. The average Bonchev–Trinajstić information content (AvgIpc) is 3.48. The Bertz CT molecular complexity index is 736. The van der Waals surface area contributed by atoms with Crippen LogP contribution in [-0.4, -0.2) is 45.8 Å². The number of hydrogen-bond acceptors (Lipinski definition) is 4. The van der Waals surface area contributed by atoms with Crippen molar-refractivity contribution in [1.82, 2.24) is 20.2 Å².